The second kappa shape index (κ2) is 36.0. The van der Waals surface area contributed by atoms with Crippen LogP contribution in [0.3, 0.4) is 0 Å². The van der Waals surface area contributed by atoms with Gasteiger partial charge in [-0.1, -0.05) is 58.3 Å². The highest BCUT2D eigenvalue weighted by Gasteiger charge is 2.28. The molecule has 0 aromatic carbocycles. The lowest BCUT2D eigenvalue weighted by molar-refractivity contribution is -0.157. The van der Waals surface area contributed by atoms with Gasteiger partial charge in [0, 0.05) is 39.1 Å². The summed E-state index contributed by atoms with van der Waals surface area (Å²) in [5, 5.41) is 16.5. The Morgan fingerprint density at radius 2 is 1.15 bits per heavy atom. The van der Waals surface area contributed by atoms with Crippen LogP contribution in [-0.4, -0.2) is 111 Å². The van der Waals surface area contributed by atoms with Gasteiger partial charge in [-0.2, -0.15) is 11.8 Å². The fraction of sp³-hybridized carbons (Fsp3) is 0.872. The average Bonchev–Trinajstić information content (AvgIpc) is 3.10. The monoisotopic (exact) mass is 791 g/mol. The van der Waals surface area contributed by atoms with E-state index in [0.717, 1.165) is 32.1 Å². The van der Waals surface area contributed by atoms with E-state index in [1.807, 2.05) is 0 Å². The molecule has 0 aromatic rings. The Morgan fingerprint density at radius 1 is 0.611 bits per heavy atom. The smallest absolute Gasteiger partial charge is 0.416 e. The molecule has 316 valence electrons. The van der Waals surface area contributed by atoms with Gasteiger partial charge in [0.1, 0.15) is 11.6 Å². The van der Waals surface area contributed by atoms with Crippen molar-refractivity contribution in [3.05, 3.63) is 0 Å². The van der Waals surface area contributed by atoms with E-state index in [0.29, 0.717) is 59.0 Å². The first-order valence-electron chi connectivity index (χ1n) is 20.2. The number of hydrogen-bond donors (Lipinski definition) is 4. The number of carbonyl (C=O) groups excluding carboxylic acids is 4. The van der Waals surface area contributed by atoms with Crippen molar-refractivity contribution in [1.29, 1.82) is 0 Å². The quantitative estimate of drug-likeness (QED) is 0.0285. The lowest BCUT2D eigenvalue weighted by Crippen LogP contribution is -2.46. The number of carboxylic acid groups (broad SMARTS) is 1. The van der Waals surface area contributed by atoms with Gasteiger partial charge in [0.25, 0.3) is 0 Å². The Balaban J connectivity index is 3.54. The molecule has 0 spiro atoms. The number of hydrogen-bond acceptors (Lipinski definition) is 11. The number of esters is 1. The van der Waals surface area contributed by atoms with Crippen LogP contribution in [0.1, 0.15) is 143 Å². The summed E-state index contributed by atoms with van der Waals surface area (Å²) in [6, 6.07) is -1.27. The van der Waals surface area contributed by atoms with Crippen molar-refractivity contribution in [3.63, 3.8) is 0 Å². The molecule has 0 saturated carbocycles. The molecule has 0 aliphatic heterocycles. The fourth-order valence-corrected chi connectivity index (χ4v) is 6.04. The number of carbonyl (C=O) groups is 5. The van der Waals surface area contributed by atoms with E-state index in [-0.39, 0.29) is 25.3 Å². The summed E-state index contributed by atoms with van der Waals surface area (Å²) in [4.78, 5) is 59.2. The maximum Gasteiger partial charge on any atom is 0.416 e. The van der Waals surface area contributed by atoms with Gasteiger partial charge in [-0.05, 0) is 83.6 Å². The first-order chi connectivity index (χ1) is 25.9. The molecule has 3 amide bonds. The Morgan fingerprint density at radius 3 is 1.76 bits per heavy atom. The zero-order valence-corrected chi connectivity index (χ0v) is 34.6. The first-order valence-corrected chi connectivity index (χ1v) is 21.4. The minimum atomic E-state index is -1.27. The molecular formula is C39H73N3O11S. The molecule has 0 aliphatic carbocycles. The van der Waals surface area contributed by atoms with Gasteiger partial charge in [0.05, 0.1) is 26.4 Å². The summed E-state index contributed by atoms with van der Waals surface area (Å²) in [5.41, 5.74) is -0.843. The first kappa shape index (κ1) is 51.4. The van der Waals surface area contributed by atoms with Crippen LogP contribution in [0.2, 0.25) is 0 Å². The molecule has 0 radical (unpaired) electrons. The Hall–Kier alpha value is -2.62. The molecule has 14 nitrogen and oxygen atoms in total. The number of amides is 3. The molecule has 4 N–H and O–H groups in total. The number of unbranched alkanes of at least 4 members (excludes halogenated alkanes) is 11. The summed E-state index contributed by atoms with van der Waals surface area (Å²) in [6.07, 6.45) is 14.8. The molecule has 15 heteroatoms. The van der Waals surface area contributed by atoms with Crippen LogP contribution in [0.25, 0.3) is 0 Å². The number of alkyl carbamates (subject to hydrolysis) is 2. The van der Waals surface area contributed by atoms with Crippen LogP contribution in [-0.2, 0) is 38.1 Å². The van der Waals surface area contributed by atoms with E-state index < -0.39 is 35.8 Å². The Bertz CT molecular complexity index is 982. The van der Waals surface area contributed by atoms with E-state index in [4.69, 9.17) is 24.1 Å². The van der Waals surface area contributed by atoms with Crippen LogP contribution >= 0.6 is 11.8 Å². The zero-order valence-electron chi connectivity index (χ0n) is 33.8. The molecule has 0 rings (SSSR count). The molecule has 1 unspecified atom stereocenters. The zero-order chi connectivity index (χ0) is 40.1. The highest BCUT2D eigenvalue weighted by molar-refractivity contribution is 7.99. The lowest BCUT2D eigenvalue weighted by Gasteiger charge is -2.24. The molecular weight excluding hydrogens is 719 g/mol. The highest BCUT2D eigenvalue weighted by Crippen LogP contribution is 2.14. The number of rotatable bonds is 36. The van der Waals surface area contributed by atoms with E-state index in [1.54, 1.807) is 20.8 Å². The van der Waals surface area contributed by atoms with Crippen molar-refractivity contribution >= 4 is 41.8 Å². The molecule has 0 aliphatic rings. The van der Waals surface area contributed by atoms with Crippen LogP contribution in [0.5, 0.6) is 0 Å². The number of aliphatic carboxylic acids is 1. The third-order valence-electron chi connectivity index (χ3n) is 7.92. The minimum absolute atomic E-state index is 0.122. The maximum atomic E-state index is 12.3. The van der Waals surface area contributed by atoms with Crippen molar-refractivity contribution in [2.24, 2.45) is 0 Å². The van der Waals surface area contributed by atoms with E-state index in [2.05, 4.69) is 39.4 Å². The van der Waals surface area contributed by atoms with Gasteiger partial charge in [-0.3, -0.25) is 9.59 Å². The third kappa shape index (κ3) is 37.7. The summed E-state index contributed by atoms with van der Waals surface area (Å²) in [7, 11) is 0. The van der Waals surface area contributed by atoms with Crippen molar-refractivity contribution in [1.82, 2.24) is 16.0 Å². The SMILES string of the molecule is CCCCCCCCSCCCCCCCC(=O)NCCCOCCOCCOCCCCCNC(=O)OC(=O)NC(CCC(=O)O)C(=O)OC(C)(C)C. The van der Waals surface area contributed by atoms with E-state index in [1.165, 1.54) is 69.3 Å². The number of thioether (sulfide) groups is 1. The third-order valence-corrected chi connectivity index (χ3v) is 9.07. The van der Waals surface area contributed by atoms with Gasteiger partial charge < -0.3 is 44.7 Å². The summed E-state index contributed by atoms with van der Waals surface area (Å²) >= 11 is 2.10. The molecule has 54 heavy (non-hydrogen) atoms. The van der Waals surface area contributed by atoms with Gasteiger partial charge in [-0.15, -0.1) is 0 Å². The van der Waals surface area contributed by atoms with Gasteiger partial charge in [0.15, 0.2) is 0 Å². The summed E-state index contributed by atoms with van der Waals surface area (Å²) in [6.45, 7) is 11.0. The summed E-state index contributed by atoms with van der Waals surface area (Å²) < 4.78 is 26.4. The molecule has 0 saturated heterocycles. The predicted molar refractivity (Wildman–Crippen MR) is 212 cm³/mol. The fourth-order valence-electron chi connectivity index (χ4n) is 5.02. The molecule has 0 aromatic heterocycles. The van der Waals surface area contributed by atoms with E-state index in [9.17, 15) is 24.0 Å². The van der Waals surface area contributed by atoms with Crippen molar-refractivity contribution in [2.75, 3.05) is 64.2 Å². The van der Waals surface area contributed by atoms with Crippen LogP contribution < -0.4 is 16.0 Å². The summed E-state index contributed by atoms with van der Waals surface area (Å²) in [5.74, 6) is 0.722. The van der Waals surface area contributed by atoms with Crippen molar-refractivity contribution < 1.29 is 52.8 Å². The van der Waals surface area contributed by atoms with Crippen molar-refractivity contribution in [2.45, 2.75) is 155 Å². The van der Waals surface area contributed by atoms with Gasteiger partial charge in [0.2, 0.25) is 5.91 Å². The number of nitrogens with one attached hydrogen (secondary N) is 3. The Kier molecular flexibility index (Phi) is 34.3. The standard InChI is InChI=1S/C39H73N3O11S/c1-5-6-7-8-11-17-31-54-32-18-12-9-10-14-20-34(43)40-24-19-26-50-28-30-51-29-27-49-25-16-13-15-23-41-37(47)52-38(48)42-33(21-22-35(44)45)36(46)53-39(2,3)4/h33H,5-32H2,1-4H3,(H,40,43)(H,41,47)(H,42,48)(H,44,45). The Labute approximate surface area is 329 Å². The highest BCUT2D eigenvalue weighted by atomic mass is 32.2. The van der Waals surface area contributed by atoms with Gasteiger partial charge in [-0.25, -0.2) is 14.4 Å². The predicted octanol–water partition coefficient (Wildman–Crippen LogP) is 7.16. The number of ether oxygens (including phenoxy) is 5. The second-order valence-corrected chi connectivity index (χ2v) is 15.5. The topological polar surface area (TPSA) is 188 Å². The normalized spacial score (nSPS) is 11.9. The van der Waals surface area contributed by atoms with Crippen LogP contribution in [0.4, 0.5) is 9.59 Å². The largest absolute Gasteiger partial charge is 0.481 e. The van der Waals surface area contributed by atoms with Crippen LogP contribution in [0.15, 0.2) is 0 Å². The van der Waals surface area contributed by atoms with Crippen LogP contribution in [0, 0.1) is 0 Å². The molecule has 0 heterocycles. The lowest BCUT2D eigenvalue weighted by atomic mass is 10.1. The molecule has 0 bridgehead atoms. The number of carboxylic acids is 1. The molecule has 1 atom stereocenters. The second-order valence-electron chi connectivity index (χ2n) is 14.3. The van der Waals surface area contributed by atoms with Gasteiger partial charge >= 0.3 is 24.1 Å². The maximum absolute atomic E-state index is 12.3. The van der Waals surface area contributed by atoms with E-state index >= 15 is 0 Å². The van der Waals surface area contributed by atoms with Crippen molar-refractivity contribution in [3.8, 4) is 0 Å². The average molecular weight is 792 g/mol. The molecule has 0 fully saturated rings. The minimum Gasteiger partial charge on any atom is -0.481 e.